The van der Waals surface area contributed by atoms with E-state index in [-0.39, 0.29) is 11.9 Å². The van der Waals surface area contributed by atoms with Gasteiger partial charge in [-0.2, -0.15) is 0 Å². The second kappa shape index (κ2) is 5.96. The highest BCUT2D eigenvalue weighted by Gasteiger charge is 2.27. The van der Waals surface area contributed by atoms with Crippen LogP contribution in [-0.2, 0) is 6.42 Å². The van der Waals surface area contributed by atoms with E-state index in [4.69, 9.17) is 4.74 Å². The van der Waals surface area contributed by atoms with Gasteiger partial charge in [0.25, 0.3) is 5.91 Å². The lowest BCUT2D eigenvalue weighted by molar-refractivity contribution is 0.0928. The average Bonchev–Trinajstić information content (AvgIpc) is 3.28. The fraction of sp³-hybridized carbons (Fsp3) is 0.444. The van der Waals surface area contributed by atoms with Crippen molar-refractivity contribution >= 4 is 17.2 Å². The predicted molar refractivity (Wildman–Crippen MR) is 90.0 cm³/mol. The second-order valence-electron chi connectivity index (χ2n) is 6.37. The van der Waals surface area contributed by atoms with Gasteiger partial charge in [-0.05, 0) is 31.7 Å². The number of carbonyl (C=O) groups excluding carboxylic acids is 1. The summed E-state index contributed by atoms with van der Waals surface area (Å²) in [5.74, 6) is 1.65. The zero-order valence-corrected chi connectivity index (χ0v) is 14.0. The molecule has 0 saturated heterocycles. The monoisotopic (exact) mass is 328 g/mol. The number of para-hydroxylation sites is 1. The van der Waals surface area contributed by atoms with Crippen LogP contribution in [0.1, 0.15) is 51.2 Å². The van der Waals surface area contributed by atoms with Crippen molar-refractivity contribution in [3.63, 3.8) is 0 Å². The van der Waals surface area contributed by atoms with Gasteiger partial charge in [-0.15, -0.1) is 11.3 Å². The van der Waals surface area contributed by atoms with Crippen LogP contribution in [0.3, 0.4) is 0 Å². The summed E-state index contributed by atoms with van der Waals surface area (Å²) in [4.78, 5) is 18.0. The van der Waals surface area contributed by atoms with Crippen LogP contribution in [0.4, 0.5) is 0 Å². The summed E-state index contributed by atoms with van der Waals surface area (Å²) in [6.45, 7) is 2.57. The number of aromatic nitrogens is 1. The van der Waals surface area contributed by atoms with E-state index in [1.54, 1.807) is 11.3 Å². The number of hydrogen-bond donors (Lipinski definition) is 1. The first-order valence-electron chi connectivity index (χ1n) is 8.19. The molecule has 5 heteroatoms. The van der Waals surface area contributed by atoms with E-state index in [9.17, 15) is 4.79 Å². The van der Waals surface area contributed by atoms with Crippen molar-refractivity contribution in [2.24, 2.45) is 5.92 Å². The molecule has 1 saturated carbocycles. The van der Waals surface area contributed by atoms with Gasteiger partial charge in [-0.3, -0.25) is 4.79 Å². The number of thiazole rings is 1. The quantitative estimate of drug-likeness (QED) is 0.932. The van der Waals surface area contributed by atoms with Crippen molar-refractivity contribution in [2.45, 2.75) is 38.6 Å². The number of amides is 1. The van der Waals surface area contributed by atoms with E-state index >= 15 is 0 Å². The van der Waals surface area contributed by atoms with E-state index in [2.05, 4.69) is 10.3 Å². The summed E-state index contributed by atoms with van der Waals surface area (Å²) in [6, 6.07) is 7.94. The first-order chi connectivity index (χ1) is 11.2. The maximum atomic E-state index is 12.7. The highest BCUT2D eigenvalue weighted by Crippen LogP contribution is 2.35. The Morgan fingerprint density at radius 2 is 2.17 bits per heavy atom. The van der Waals surface area contributed by atoms with E-state index in [0.717, 1.165) is 45.7 Å². The van der Waals surface area contributed by atoms with Crippen molar-refractivity contribution in [2.75, 3.05) is 6.61 Å². The van der Waals surface area contributed by atoms with Gasteiger partial charge in [-0.1, -0.05) is 18.2 Å². The minimum Gasteiger partial charge on any atom is -0.493 e. The molecular formula is C18H20N2O2S. The molecule has 1 amide bonds. The van der Waals surface area contributed by atoms with Gasteiger partial charge in [0.05, 0.1) is 23.4 Å². The predicted octanol–water partition coefficient (Wildman–Crippen LogP) is 3.66. The summed E-state index contributed by atoms with van der Waals surface area (Å²) in [5.41, 5.74) is 1.91. The molecule has 0 bridgehead atoms. The number of hydrogen-bond acceptors (Lipinski definition) is 4. The molecule has 120 valence electrons. The Bertz CT molecular complexity index is 736. The molecule has 2 heterocycles. The number of aryl methyl sites for hydroxylation is 1. The van der Waals surface area contributed by atoms with Crippen LogP contribution in [0.5, 0.6) is 5.75 Å². The Morgan fingerprint density at radius 3 is 3.00 bits per heavy atom. The number of nitrogens with zero attached hydrogens (tertiary/aromatic N) is 1. The molecule has 1 N–H and O–H groups in total. The highest BCUT2D eigenvalue weighted by molar-refractivity contribution is 7.13. The number of nitrogens with one attached hydrogen (secondary N) is 1. The first kappa shape index (κ1) is 14.7. The summed E-state index contributed by atoms with van der Waals surface area (Å²) in [6.07, 6.45) is 4.44. The molecule has 1 fully saturated rings. The molecule has 0 spiro atoms. The normalized spacial score (nSPS) is 19.8. The van der Waals surface area contributed by atoms with Crippen molar-refractivity contribution in [3.8, 4) is 5.75 Å². The molecule has 1 aliphatic carbocycles. The molecule has 1 aromatic carbocycles. The van der Waals surface area contributed by atoms with Crippen LogP contribution in [0.15, 0.2) is 24.3 Å². The van der Waals surface area contributed by atoms with E-state index < -0.39 is 0 Å². The van der Waals surface area contributed by atoms with Gasteiger partial charge >= 0.3 is 0 Å². The number of rotatable bonds is 4. The van der Waals surface area contributed by atoms with Crippen LogP contribution in [-0.4, -0.2) is 17.5 Å². The van der Waals surface area contributed by atoms with Crippen LogP contribution in [0.25, 0.3) is 0 Å². The lowest BCUT2D eigenvalue weighted by Gasteiger charge is -2.26. The van der Waals surface area contributed by atoms with Crippen LogP contribution in [0.2, 0.25) is 0 Å². The number of ether oxygens (including phenoxy) is 1. The first-order valence-corrected chi connectivity index (χ1v) is 9.01. The molecule has 4 nitrogen and oxygen atoms in total. The molecule has 1 aliphatic heterocycles. The number of fused-ring (bicyclic) bond motifs is 1. The third-order valence-electron chi connectivity index (χ3n) is 4.47. The molecule has 4 rings (SSSR count). The van der Waals surface area contributed by atoms with E-state index in [1.807, 2.05) is 31.2 Å². The maximum Gasteiger partial charge on any atom is 0.263 e. The average molecular weight is 328 g/mol. The Hall–Kier alpha value is -1.88. The third kappa shape index (κ3) is 3.11. The molecule has 2 aliphatic rings. The minimum absolute atomic E-state index is 0.0104. The molecule has 1 aromatic heterocycles. The Labute approximate surface area is 139 Å². The fourth-order valence-corrected chi connectivity index (χ4v) is 4.12. The summed E-state index contributed by atoms with van der Waals surface area (Å²) < 4.78 is 5.66. The van der Waals surface area contributed by atoms with E-state index in [0.29, 0.717) is 6.61 Å². The standard InChI is InChI=1S/C18H20N2O2S/c1-11-17(23-16(19-11)10-12-6-7-12)18(21)20-14-8-9-22-15-5-3-2-4-13(14)15/h2-5,12,14H,6-10H2,1H3,(H,20,21). The lowest BCUT2D eigenvalue weighted by atomic mass is 10.0. The largest absolute Gasteiger partial charge is 0.493 e. The van der Waals surface area contributed by atoms with Gasteiger partial charge in [0.1, 0.15) is 10.6 Å². The lowest BCUT2D eigenvalue weighted by Crippen LogP contribution is -2.32. The molecule has 1 atom stereocenters. The summed E-state index contributed by atoms with van der Waals surface area (Å²) in [7, 11) is 0. The molecule has 1 unspecified atom stereocenters. The van der Waals surface area contributed by atoms with Gasteiger partial charge in [0.2, 0.25) is 0 Å². The summed E-state index contributed by atoms with van der Waals surface area (Å²) in [5, 5.41) is 4.27. The molecule has 0 radical (unpaired) electrons. The van der Waals surface area contributed by atoms with Crippen molar-refractivity contribution in [1.29, 1.82) is 0 Å². The number of benzene rings is 1. The van der Waals surface area contributed by atoms with Gasteiger partial charge < -0.3 is 10.1 Å². The second-order valence-corrected chi connectivity index (χ2v) is 7.45. The van der Waals surface area contributed by atoms with Gasteiger partial charge in [0.15, 0.2) is 0 Å². The molecular weight excluding hydrogens is 308 g/mol. The highest BCUT2D eigenvalue weighted by atomic mass is 32.1. The topological polar surface area (TPSA) is 51.2 Å². The van der Waals surface area contributed by atoms with Crippen molar-refractivity contribution in [1.82, 2.24) is 10.3 Å². The fourth-order valence-electron chi connectivity index (χ4n) is 3.04. The Balaban J connectivity index is 1.51. The zero-order chi connectivity index (χ0) is 15.8. The Kier molecular flexibility index (Phi) is 3.81. The van der Waals surface area contributed by atoms with E-state index in [1.165, 1.54) is 12.8 Å². The third-order valence-corrected chi connectivity index (χ3v) is 5.65. The van der Waals surface area contributed by atoms with Gasteiger partial charge in [-0.25, -0.2) is 4.98 Å². The molecule has 2 aromatic rings. The van der Waals surface area contributed by atoms with Gasteiger partial charge in [0, 0.05) is 18.4 Å². The maximum absolute atomic E-state index is 12.7. The van der Waals surface area contributed by atoms with Crippen LogP contribution < -0.4 is 10.1 Å². The Morgan fingerprint density at radius 1 is 1.35 bits per heavy atom. The van der Waals surface area contributed by atoms with Crippen molar-refractivity contribution < 1.29 is 9.53 Å². The van der Waals surface area contributed by atoms with Crippen LogP contribution in [0, 0.1) is 12.8 Å². The zero-order valence-electron chi connectivity index (χ0n) is 13.2. The molecule has 23 heavy (non-hydrogen) atoms. The smallest absolute Gasteiger partial charge is 0.263 e. The SMILES string of the molecule is Cc1nc(CC2CC2)sc1C(=O)NC1CCOc2ccccc21. The number of carbonyl (C=O) groups is 1. The minimum atomic E-state index is -0.0104. The van der Waals surface area contributed by atoms with Crippen molar-refractivity contribution in [3.05, 3.63) is 45.4 Å². The van der Waals surface area contributed by atoms with Crippen LogP contribution >= 0.6 is 11.3 Å². The summed E-state index contributed by atoms with van der Waals surface area (Å²) >= 11 is 1.55.